The molecule has 0 saturated carbocycles. The first-order valence-electron chi connectivity index (χ1n) is 12.5. The largest absolute Gasteiger partial charge is 0.497 e. The van der Waals surface area contributed by atoms with Gasteiger partial charge in [0.05, 0.1) is 43.0 Å². The van der Waals surface area contributed by atoms with Crippen molar-refractivity contribution in [3.05, 3.63) is 106 Å². The number of fused-ring (bicyclic) bond motifs is 1. The third-order valence-corrected chi connectivity index (χ3v) is 6.44. The number of benzene rings is 3. The van der Waals surface area contributed by atoms with Crippen LogP contribution in [0.25, 0.3) is 17.0 Å². The van der Waals surface area contributed by atoms with Crippen molar-refractivity contribution in [1.29, 1.82) is 0 Å². The summed E-state index contributed by atoms with van der Waals surface area (Å²) < 4.78 is 16.4. The van der Waals surface area contributed by atoms with Crippen LogP contribution < -0.4 is 15.3 Å². The summed E-state index contributed by atoms with van der Waals surface area (Å²) in [5.41, 5.74) is 5.06. The van der Waals surface area contributed by atoms with Crippen LogP contribution in [-0.2, 0) is 4.74 Å². The number of hydrogen-bond acceptors (Lipinski definition) is 7. The molecule has 0 amide bonds. The molecule has 1 aliphatic heterocycles. The highest BCUT2D eigenvalue weighted by atomic mass is 16.5. The van der Waals surface area contributed by atoms with Gasteiger partial charge in [-0.05, 0) is 71.8 Å². The van der Waals surface area contributed by atoms with E-state index in [1.807, 2.05) is 85.1 Å². The maximum Gasteiger partial charge on any atom is 0.345 e. The van der Waals surface area contributed by atoms with Crippen molar-refractivity contribution in [2.24, 2.45) is 9.98 Å². The Morgan fingerprint density at radius 1 is 0.974 bits per heavy atom. The van der Waals surface area contributed by atoms with E-state index in [1.165, 1.54) is 0 Å². The smallest absolute Gasteiger partial charge is 0.345 e. The Morgan fingerprint density at radius 3 is 2.42 bits per heavy atom. The van der Waals surface area contributed by atoms with Gasteiger partial charge >= 0.3 is 5.63 Å². The number of rotatable bonds is 7. The number of allylic oxidation sites excluding steroid dienone is 1. The van der Waals surface area contributed by atoms with Crippen molar-refractivity contribution >= 4 is 40.3 Å². The first kappa shape index (κ1) is 25.2. The summed E-state index contributed by atoms with van der Waals surface area (Å²) >= 11 is 0. The van der Waals surface area contributed by atoms with Crippen molar-refractivity contribution in [1.82, 2.24) is 0 Å². The normalized spacial score (nSPS) is 14.6. The van der Waals surface area contributed by atoms with Crippen LogP contribution in [0, 0.1) is 0 Å². The Bertz CT molecular complexity index is 1550. The van der Waals surface area contributed by atoms with Gasteiger partial charge in [0.25, 0.3) is 0 Å². The molecule has 0 spiro atoms. The minimum atomic E-state index is -0.375. The van der Waals surface area contributed by atoms with E-state index in [4.69, 9.17) is 13.9 Å². The molecule has 1 aliphatic rings. The highest BCUT2D eigenvalue weighted by Gasteiger charge is 2.20. The van der Waals surface area contributed by atoms with Crippen LogP contribution in [0.2, 0.25) is 0 Å². The molecular formula is C31H29N3O4. The van der Waals surface area contributed by atoms with Gasteiger partial charge in [-0.2, -0.15) is 0 Å². The van der Waals surface area contributed by atoms with Gasteiger partial charge in [-0.1, -0.05) is 24.3 Å². The van der Waals surface area contributed by atoms with Gasteiger partial charge < -0.3 is 18.8 Å². The van der Waals surface area contributed by atoms with Gasteiger partial charge in [0.1, 0.15) is 11.3 Å². The Balaban J connectivity index is 1.41. The molecule has 1 fully saturated rings. The van der Waals surface area contributed by atoms with Crippen LogP contribution in [0.15, 0.2) is 98.1 Å². The number of morpholine rings is 1. The fraction of sp³-hybridized carbons (Fsp3) is 0.194. The number of anilines is 1. The summed E-state index contributed by atoms with van der Waals surface area (Å²) in [6.07, 6.45) is 5.48. The zero-order chi connectivity index (χ0) is 26.3. The Kier molecular flexibility index (Phi) is 7.75. The Labute approximate surface area is 221 Å². The SMILES string of the molecule is CN=C(/C=C/c1c(N2CCOCC2)c2ccccc2oc1=O)c1ccc(N=Cc2ccc(OC)cc2)cc1. The average molecular weight is 508 g/mol. The van der Waals surface area contributed by atoms with Gasteiger partial charge in [-0.15, -0.1) is 0 Å². The summed E-state index contributed by atoms with van der Waals surface area (Å²) in [5, 5.41) is 0.905. The third kappa shape index (κ3) is 5.58. The van der Waals surface area contributed by atoms with Crippen LogP contribution in [0.1, 0.15) is 16.7 Å². The summed E-state index contributed by atoms with van der Waals surface area (Å²) in [6, 6.07) is 23.2. The molecule has 1 saturated heterocycles. The molecule has 192 valence electrons. The molecule has 7 nitrogen and oxygen atoms in total. The highest BCUT2D eigenvalue weighted by molar-refractivity contribution is 6.11. The van der Waals surface area contributed by atoms with E-state index in [0.717, 1.165) is 39.3 Å². The van der Waals surface area contributed by atoms with E-state index in [2.05, 4.69) is 14.9 Å². The van der Waals surface area contributed by atoms with Gasteiger partial charge in [-0.3, -0.25) is 9.98 Å². The molecule has 2 heterocycles. The number of hydrogen-bond donors (Lipinski definition) is 0. The molecule has 0 atom stereocenters. The van der Waals surface area contributed by atoms with Crippen LogP contribution in [0.3, 0.4) is 0 Å². The number of para-hydroxylation sites is 1. The molecule has 0 unspecified atom stereocenters. The van der Waals surface area contributed by atoms with Gasteiger partial charge in [0.15, 0.2) is 0 Å². The highest BCUT2D eigenvalue weighted by Crippen LogP contribution is 2.30. The van der Waals surface area contributed by atoms with E-state index >= 15 is 0 Å². The van der Waals surface area contributed by atoms with Crippen LogP contribution in [0.5, 0.6) is 5.75 Å². The van der Waals surface area contributed by atoms with E-state index in [-0.39, 0.29) is 5.63 Å². The van der Waals surface area contributed by atoms with Crippen molar-refractivity contribution in [3.63, 3.8) is 0 Å². The molecule has 3 aromatic carbocycles. The maximum atomic E-state index is 13.1. The van der Waals surface area contributed by atoms with E-state index in [9.17, 15) is 4.79 Å². The first-order valence-corrected chi connectivity index (χ1v) is 12.5. The lowest BCUT2D eigenvalue weighted by atomic mass is 10.1. The number of nitrogens with zero attached hydrogens (tertiary/aromatic N) is 3. The fourth-order valence-corrected chi connectivity index (χ4v) is 4.44. The standard InChI is InChI=1S/C31H29N3O4/c1-32-28(23-9-11-24(12-10-23)33-21-22-7-13-25(36-2)14-8-22)16-15-27-30(34-17-19-37-20-18-34)26-5-3-4-6-29(26)38-31(27)35/h3-16,21H,17-20H2,1-2H3/b16-15+,32-28?,33-21?. The molecule has 5 rings (SSSR count). The van der Waals surface area contributed by atoms with E-state index < -0.39 is 0 Å². The zero-order valence-corrected chi connectivity index (χ0v) is 21.5. The topological polar surface area (TPSA) is 76.6 Å². The predicted molar refractivity (Wildman–Crippen MR) is 154 cm³/mol. The summed E-state index contributed by atoms with van der Waals surface area (Å²) in [4.78, 5) is 24.3. The second kappa shape index (κ2) is 11.7. The van der Waals surface area contributed by atoms with E-state index in [1.54, 1.807) is 20.2 Å². The van der Waals surface area contributed by atoms with Crippen LogP contribution >= 0.6 is 0 Å². The second-order valence-electron chi connectivity index (χ2n) is 8.77. The minimum Gasteiger partial charge on any atom is -0.497 e. The maximum absolute atomic E-state index is 13.1. The summed E-state index contributed by atoms with van der Waals surface area (Å²) in [5.74, 6) is 0.810. The average Bonchev–Trinajstić information content (AvgIpc) is 2.97. The number of aliphatic imine (C=N–C) groups is 2. The number of methoxy groups -OCH3 is 1. The van der Waals surface area contributed by atoms with Crippen molar-refractivity contribution in [2.75, 3.05) is 45.4 Å². The van der Waals surface area contributed by atoms with Gasteiger partial charge in [-0.25, -0.2) is 4.79 Å². The number of ether oxygens (including phenoxy) is 2. The Morgan fingerprint density at radius 2 is 1.71 bits per heavy atom. The predicted octanol–water partition coefficient (Wildman–Crippen LogP) is 5.52. The summed E-state index contributed by atoms with van der Waals surface area (Å²) in [7, 11) is 3.38. The summed E-state index contributed by atoms with van der Waals surface area (Å²) in [6.45, 7) is 2.66. The minimum absolute atomic E-state index is 0.375. The lowest BCUT2D eigenvalue weighted by Gasteiger charge is -2.30. The van der Waals surface area contributed by atoms with E-state index in [0.29, 0.717) is 37.4 Å². The second-order valence-corrected chi connectivity index (χ2v) is 8.77. The first-order chi connectivity index (χ1) is 18.7. The lowest BCUT2D eigenvalue weighted by molar-refractivity contribution is 0.123. The quantitative estimate of drug-likeness (QED) is 0.243. The van der Waals surface area contributed by atoms with Crippen molar-refractivity contribution in [2.45, 2.75) is 0 Å². The third-order valence-electron chi connectivity index (χ3n) is 6.44. The van der Waals surface area contributed by atoms with Crippen molar-refractivity contribution < 1.29 is 13.9 Å². The van der Waals surface area contributed by atoms with Gasteiger partial charge in [0.2, 0.25) is 0 Å². The van der Waals surface area contributed by atoms with Crippen LogP contribution in [0.4, 0.5) is 11.4 Å². The molecule has 0 aliphatic carbocycles. The molecule has 1 aromatic heterocycles. The molecule has 4 aromatic rings. The zero-order valence-electron chi connectivity index (χ0n) is 21.5. The molecule has 0 N–H and O–H groups in total. The molecule has 0 radical (unpaired) electrons. The van der Waals surface area contributed by atoms with Crippen LogP contribution in [-0.4, -0.2) is 52.4 Å². The fourth-order valence-electron chi connectivity index (χ4n) is 4.44. The lowest BCUT2D eigenvalue weighted by Crippen LogP contribution is -2.37. The molecule has 0 bridgehead atoms. The Hall–Kier alpha value is -4.49. The molecule has 7 heteroatoms. The van der Waals surface area contributed by atoms with Crippen molar-refractivity contribution in [3.8, 4) is 5.75 Å². The van der Waals surface area contributed by atoms with Gasteiger partial charge in [0, 0.05) is 31.7 Å². The monoisotopic (exact) mass is 507 g/mol. The molecule has 38 heavy (non-hydrogen) atoms. The molecular weight excluding hydrogens is 478 g/mol.